The van der Waals surface area contributed by atoms with Gasteiger partial charge >= 0.3 is 0 Å². The molecule has 2 aliphatic rings. The largest absolute Gasteiger partial charge is 0.359 e. The topological polar surface area (TPSA) is 27.6 Å². The summed E-state index contributed by atoms with van der Waals surface area (Å²) < 4.78 is 0. The van der Waals surface area contributed by atoms with E-state index in [4.69, 9.17) is 4.99 Å². The van der Waals surface area contributed by atoms with E-state index in [0.717, 1.165) is 12.5 Å². The molecule has 122 valence electrons. The van der Waals surface area contributed by atoms with E-state index < -0.39 is 0 Å². The number of nitrogens with one attached hydrogen (secondary N) is 1. The van der Waals surface area contributed by atoms with Gasteiger partial charge in [-0.15, -0.1) is 0 Å². The first-order valence-corrected chi connectivity index (χ1v) is 9.50. The van der Waals surface area contributed by atoms with Crippen LogP contribution in [0.5, 0.6) is 0 Å². The van der Waals surface area contributed by atoms with Crippen LogP contribution in [0.2, 0.25) is 0 Å². The van der Waals surface area contributed by atoms with E-state index in [1.54, 1.807) is 0 Å². The van der Waals surface area contributed by atoms with Gasteiger partial charge in [-0.2, -0.15) is 0 Å². The van der Waals surface area contributed by atoms with Gasteiger partial charge in [0.1, 0.15) is 0 Å². The van der Waals surface area contributed by atoms with Crippen LogP contribution < -0.4 is 5.32 Å². The summed E-state index contributed by atoms with van der Waals surface area (Å²) in [6, 6.07) is 0.422. The Balaban J connectivity index is 1.99. The molecule has 1 aliphatic heterocycles. The van der Waals surface area contributed by atoms with Crippen molar-refractivity contribution in [2.24, 2.45) is 16.8 Å². The number of thioether (sulfide) groups is 1. The second-order valence-electron chi connectivity index (χ2n) is 7.88. The molecule has 3 nitrogen and oxygen atoms in total. The molecule has 0 aromatic carbocycles. The zero-order valence-electron chi connectivity index (χ0n) is 14.5. The first kappa shape index (κ1) is 17.1. The molecule has 0 bridgehead atoms. The van der Waals surface area contributed by atoms with Crippen LogP contribution in [0.3, 0.4) is 0 Å². The minimum Gasteiger partial charge on any atom is -0.359 e. The smallest absolute Gasteiger partial charge is 0.157 e. The number of hydrogen-bond acceptors (Lipinski definition) is 3. The molecule has 21 heavy (non-hydrogen) atoms. The Labute approximate surface area is 135 Å². The fourth-order valence-corrected chi connectivity index (χ4v) is 5.04. The third-order valence-electron chi connectivity index (χ3n) is 4.57. The molecule has 0 aromatic heterocycles. The molecule has 3 atom stereocenters. The summed E-state index contributed by atoms with van der Waals surface area (Å²) in [5, 5.41) is 5.01. The van der Waals surface area contributed by atoms with Crippen molar-refractivity contribution in [3.05, 3.63) is 0 Å². The summed E-state index contributed by atoms with van der Waals surface area (Å²) in [5.74, 6) is 2.78. The molecule has 0 amide bonds. The first-order valence-electron chi connectivity index (χ1n) is 8.52. The van der Waals surface area contributed by atoms with Crippen LogP contribution in [0.1, 0.15) is 52.9 Å². The summed E-state index contributed by atoms with van der Waals surface area (Å²) in [7, 11) is 4.29. The maximum atomic E-state index is 5.06. The predicted octanol–water partition coefficient (Wildman–Crippen LogP) is 3.60. The molecule has 1 aliphatic carbocycles. The Kier molecular flexibility index (Phi) is 6.01. The quantitative estimate of drug-likeness (QED) is 0.840. The fourth-order valence-electron chi connectivity index (χ4n) is 3.78. The van der Waals surface area contributed by atoms with E-state index >= 15 is 0 Å². The predicted molar refractivity (Wildman–Crippen MR) is 95.2 cm³/mol. The Hall–Kier alpha value is -0.220. The van der Waals surface area contributed by atoms with E-state index in [9.17, 15) is 0 Å². The molecule has 0 radical (unpaired) electrons. The highest BCUT2D eigenvalue weighted by molar-refractivity contribution is 8.14. The van der Waals surface area contributed by atoms with Crippen molar-refractivity contribution in [1.82, 2.24) is 10.2 Å². The standard InChI is InChI=1S/C17H33N3S/c1-13(2)9-15(11-20(4)5)18-16-19-17(12-21-16)8-6-7-14(3)10-17/h13-15H,6-12H2,1-5H3,(H,18,19). The minimum absolute atomic E-state index is 0.349. The average Bonchev–Trinajstić information content (AvgIpc) is 2.69. The Bertz CT molecular complexity index is 357. The molecular formula is C17H33N3S. The van der Waals surface area contributed by atoms with Gasteiger partial charge in [0.15, 0.2) is 5.17 Å². The van der Waals surface area contributed by atoms with Crippen LogP contribution in [0.25, 0.3) is 0 Å². The van der Waals surface area contributed by atoms with Crippen molar-refractivity contribution >= 4 is 16.9 Å². The lowest BCUT2D eigenvalue weighted by Crippen LogP contribution is -2.47. The van der Waals surface area contributed by atoms with Crippen molar-refractivity contribution in [1.29, 1.82) is 0 Å². The lowest BCUT2D eigenvalue weighted by atomic mass is 9.78. The molecule has 2 fully saturated rings. The lowest BCUT2D eigenvalue weighted by molar-refractivity contribution is 0.242. The summed E-state index contributed by atoms with van der Waals surface area (Å²) >= 11 is 1.95. The Morgan fingerprint density at radius 2 is 2.19 bits per heavy atom. The molecule has 1 N–H and O–H groups in total. The Morgan fingerprint density at radius 1 is 1.43 bits per heavy atom. The number of likely N-dealkylation sites (N-methyl/N-ethyl adjacent to an activating group) is 1. The fraction of sp³-hybridized carbons (Fsp3) is 0.941. The number of hydrogen-bond donors (Lipinski definition) is 1. The van der Waals surface area contributed by atoms with Crippen molar-refractivity contribution in [2.45, 2.75) is 64.5 Å². The van der Waals surface area contributed by atoms with E-state index in [2.05, 4.69) is 45.1 Å². The number of amidine groups is 1. The number of nitrogens with zero attached hydrogens (tertiary/aromatic N) is 2. The summed E-state index contributed by atoms with van der Waals surface area (Å²) in [5.41, 5.74) is 0.349. The normalized spacial score (nSPS) is 33.1. The van der Waals surface area contributed by atoms with E-state index in [1.165, 1.54) is 43.0 Å². The van der Waals surface area contributed by atoms with Crippen LogP contribution in [0.15, 0.2) is 4.99 Å². The molecule has 2 rings (SSSR count). The van der Waals surface area contributed by atoms with Crippen LogP contribution in [-0.2, 0) is 0 Å². The highest BCUT2D eigenvalue weighted by atomic mass is 32.2. The van der Waals surface area contributed by atoms with Crippen molar-refractivity contribution in [2.75, 3.05) is 26.4 Å². The maximum Gasteiger partial charge on any atom is 0.157 e. The number of aliphatic imine (C=N–C) groups is 1. The van der Waals surface area contributed by atoms with Gasteiger partial charge in [-0.1, -0.05) is 45.4 Å². The molecule has 1 saturated carbocycles. The van der Waals surface area contributed by atoms with Crippen LogP contribution in [-0.4, -0.2) is 48.0 Å². The number of rotatable bonds is 5. The molecule has 1 spiro atoms. The monoisotopic (exact) mass is 311 g/mol. The van der Waals surface area contributed by atoms with Gasteiger partial charge < -0.3 is 10.2 Å². The van der Waals surface area contributed by atoms with Crippen LogP contribution >= 0.6 is 11.8 Å². The van der Waals surface area contributed by atoms with Gasteiger partial charge in [-0.05, 0) is 45.2 Å². The third kappa shape index (κ3) is 5.17. The van der Waals surface area contributed by atoms with Crippen LogP contribution in [0.4, 0.5) is 0 Å². The van der Waals surface area contributed by atoms with Gasteiger partial charge in [-0.25, -0.2) is 0 Å². The molecule has 1 saturated heterocycles. The van der Waals surface area contributed by atoms with Crippen LogP contribution in [0, 0.1) is 11.8 Å². The van der Waals surface area contributed by atoms with Crippen molar-refractivity contribution in [3.63, 3.8) is 0 Å². The second-order valence-corrected chi connectivity index (χ2v) is 8.84. The van der Waals surface area contributed by atoms with Gasteiger partial charge in [0.2, 0.25) is 0 Å². The Morgan fingerprint density at radius 3 is 2.81 bits per heavy atom. The average molecular weight is 312 g/mol. The van der Waals surface area contributed by atoms with Gasteiger partial charge in [-0.3, -0.25) is 4.99 Å². The third-order valence-corrected chi connectivity index (χ3v) is 5.75. The van der Waals surface area contributed by atoms with E-state index in [0.29, 0.717) is 17.5 Å². The van der Waals surface area contributed by atoms with Gasteiger partial charge in [0.05, 0.1) is 6.04 Å². The molecule has 4 heteroatoms. The second kappa shape index (κ2) is 7.36. The summed E-state index contributed by atoms with van der Waals surface area (Å²) in [4.78, 5) is 7.32. The highest BCUT2D eigenvalue weighted by Gasteiger charge is 2.40. The zero-order valence-corrected chi connectivity index (χ0v) is 15.3. The summed E-state index contributed by atoms with van der Waals surface area (Å²) in [6.07, 6.45) is 6.59. The lowest BCUT2D eigenvalue weighted by Gasteiger charge is -2.36. The van der Waals surface area contributed by atoms with Crippen molar-refractivity contribution in [3.8, 4) is 0 Å². The molecule has 0 aromatic rings. The SMILES string of the molecule is CC(C)CC(CN(C)C)N=C1NC2(CCCC(C)C2)CS1. The highest BCUT2D eigenvalue weighted by Crippen LogP contribution is 2.38. The van der Waals surface area contributed by atoms with E-state index in [-0.39, 0.29) is 0 Å². The minimum atomic E-state index is 0.349. The summed E-state index contributed by atoms with van der Waals surface area (Å²) in [6.45, 7) is 8.04. The first-order chi connectivity index (χ1) is 9.88. The zero-order chi connectivity index (χ0) is 15.5. The molecular weight excluding hydrogens is 278 g/mol. The maximum absolute atomic E-state index is 5.06. The van der Waals surface area contributed by atoms with E-state index in [1.807, 2.05) is 11.8 Å². The van der Waals surface area contributed by atoms with Gasteiger partial charge in [0, 0.05) is 17.8 Å². The van der Waals surface area contributed by atoms with Crippen molar-refractivity contribution < 1.29 is 0 Å². The molecule has 3 unspecified atom stereocenters. The molecule has 1 heterocycles. The van der Waals surface area contributed by atoms with Gasteiger partial charge in [0.25, 0.3) is 0 Å².